The quantitative estimate of drug-likeness (QED) is 0.690. The average Bonchev–Trinajstić information content (AvgIpc) is 2.49. The third kappa shape index (κ3) is 2.34. The molecule has 4 heteroatoms. The van der Waals surface area contributed by atoms with Crippen LogP contribution in [-0.2, 0) is 0 Å². The lowest BCUT2D eigenvalue weighted by Crippen LogP contribution is -2.18. The highest BCUT2D eigenvalue weighted by Crippen LogP contribution is 2.19. The number of benzene rings is 2. The van der Waals surface area contributed by atoms with E-state index in [1.807, 2.05) is 48.5 Å². The number of nitrogens with zero attached hydrogens (tertiary/aromatic N) is 2. The Balaban J connectivity index is 2.10. The molecule has 0 aliphatic carbocycles. The molecule has 1 aromatic heterocycles. The van der Waals surface area contributed by atoms with E-state index in [4.69, 9.17) is 0 Å². The van der Waals surface area contributed by atoms with Gasteiger partial charge in [-0.3, -0.25) is 9.36 Å². The highest BCUT2D eigenvalue weighted by atomic mass is 32.2. The average molecular weight is 282 g/mol. The van der Waals surface area contributed by atoms with Crippen molar-refractivity contribution in [3.8, 4) is 5.69 Å². The summed E-state index contributed by atoms with van der Waals surface area (Å²) in [7, 11) is 0. The monoisotopic (exact) mass is 282 g/mol. The van der Waals surface area contributed by atoms with Gasteiger partial charge in [0.25, 0.3) is 5.56 Å². The number of thioether (sulfide) groups is 1. The summed E-state index contributed by atoms with van der Waals surface area (Å²) in [5.41, 5.74) is 1.53. The van der Waals surface area contributed by atoms with Crippen molar-refractivity contribution in [2.45, 2.75) is 11.8 Å². The number of hydrogen-bond acceptors (Lipinski definition) is 3. The van der Waals surface area contributed by atoms with Gasteiger partial charge in [0.2, 0.25) is 0 Å². The van der Waals surface area contributed by atoms with E-state index in [0.717, 1.165) is 17.0 Å². The predicted molar refractivity (Wildman–Crippen MR) is 83.7 cm³/mol. The second kappa shape index (κ2) is 5.51. The smallest absolute Gasteiger partial charge is 0.265 e. The molecule has 20 heavy (non-hydrogen) atoms. The maximum absolute atomic E-state index is 12.5. The summed E-state index contributed by atoms with van der Waals surface area (Å²) in [4.78, 5) is 18.0. The number of aromatic nitrogens is 2. The highest BCUT2D eigenvalue weighted by Gasteiger charge is 2.05. The van der Waals surface area contributed by atoms with Crippen molar-refractivity contribution < 1.29 is 0 Å². The molecule has 0 aliphatic heterocycles. The van der Waals surface area contributed by atoms with Gasteiger partial charge in [-0.1, -0.05) is 19.1 Å². The maximum Gasteiger partial charge on any atom is 0.265 e. The van der Waals surface area contributed by atoms with E-state index in [2.05, 4.69) is 11.9 Å². The van der Waals surface area contributed by atoms with Crippen molar-refractivity contribution in [1.82, 2.24) is 9.55 Å². The minimum atomic E-state index is -0.0357. The first-order chi connectivity index (χ1) is 9.79. The first-order valence-corrected chi connectivity index (χ1v) is 7.48. The lowest BCUT2D eigenvalue weighted by molar-refractivity contribution is 0.961. The molecule has 0 amide bonds. The van der Waals surface area contributed by atoms with E-state index >= 15 is 0 Å². The first kappa shape index (κ1) is 12.9. The summed E-state index contributed by atoms with van der Waals surface area (Å²) >= 11 is 1.78. The van der Waals surface area contributed by atoms with Gasteiger partial charge in [-0.15, -0.1) is 11.8 Å². The lowest BCUT2D eigenvalue weighted by atomic mass is 10.2. The van der Waals surface area contributed by atoms with Crippen LogP contribution in [0.15, 0.2) is 64.5 Å². The standard InChI is InChI=1S/C16H14N2OS/c1-2-20-13-9-7-12(8-10-13)18-11-17-15-6-4-3-5-14(15)16(18)19/h3-11H,2H2,1H3. The van der Waals surface area contributed by atoms with E-state index in [1.54, 1.807) is 22.7 Å². The van der Waals surface area contributed by atoms with Crippen molar-refractivity contribution in [2.75, 3.05) is 5.75 Å². The molecule has 0 N–H and O–H groups in total. The minimum absolute atomic E-state index is 0.0357. The van der Waals surface area contributed by atoms with Crippen LogP contribution in [0, 0.1) is 0 Å². The van der Waals surface area contributed by atoms with Crippen LogP contribution >= 0.6 is 11.8 Å². The number of rotatable bonds is 3. The van der Waals surface area contributed by atoms with Gasteiger partial charge in [0.1, 0.15) is 6.33 Å². The Hall–Kier alpha value is -2.07. The Kier molecular flexibility index (Phi) is 3.56. The molecule has 0 fully saturated rings. The Bertz CT molecular complexity index is 793. The van der Waals surface area contributed by atoms with Crippen molar-refractivity contribution in [3.05, 3.63) is 65.2 Å². The summed E-state index contributed by atoms with van der Waals surface area (Å²) in [6.07, 6.45) is 1.59. The summed E-state index contributed by atoms with van der Waals surface area (Å²) in [6.45, 7) is 2.12. The third-order valence-electron chi connectivity index (χ3n) is 3.09. The molecule has 100 valence electrons. The molecule has 0 bridgehead atoms. The molecule has 0 atom stereocenters. The summed E-state index contributed by atoms with van der Waals surface area (Å²) in [6, 6.07) is 15.4. The lowest BCUT2D eigenvalue weighted by Gasteiger charge is -2.07. The van der Waals surface area contributed by atoms with Gasteiger partial charge in [-0.25, -0.2) is 4.98 Å². The Morgan fingerprint density at radius 2 is 1.85 bits per heavy atom. The van der Waals surface area contributed by atoms with Gasteiger partial charge in [-0.2, -0.15) is 0 Å². The van der Waals surface area contributed by atoms with Crippen LogP contribution in [-0.4, -0.2) is 15.3 Å². The maximum atomic E-state index is 12.5. The molecule has 2 aromatic carbocycles. The second-order valence-electron chi connectivity index (χ2n) is 4.36. The Labute approximate surface area is 121 Å². The van der Waals surface area contributed by atoms with Crippen LogP contribution in [0.4, 0.5) is 0 Å². The third-order valence-corrected chi connectivity index (χ3v) is 3.99. The van der Waals surface area contributed by atoms with E-state index in [0.29, 0.717) is 5.39 Å². The molecule has 0 saturated heterocycles. The van der Waals surface area contributed by atoms with Crippen LogP contribution in [0.1, 0.15) is 6.92 Å². The second-order valence-corrected chi connectivity index (χ2v) is 5.70. The van der Waals surface area contributed by atoms with E-state index in [1.165, 1.54) is 4.90 Å². The molecule has 3 nitrogen and oxygen atoms in total. The molecule has 3 rings (SSSR count). The van der Waals surface area contributed by atoms with Gasteiger partial charge in [0, 0.05) is 4.90 Å². The molecular formula is C16H14N2OS. The molecule has 0 radical (unpaired) electrons. The summed E-state index contributed by atoms with van der Waals surface area (Å²) < 4.78 is 1.59. The van der Waals surface area contributed by atoms with E-state index in [9.17, 15) is 4.79 Å². The van der Waals surface area contributed by atoms with Crippen molar-refractivity contribution >= 4 is 22.7 Å². The van der Waals surface area contributed by atoms with Gasteiger partial charge in [0.15, 0.2) is 0 Å². The van der Waals surface area contributed by atoms with Crippen LogP contribution < -0.4 is 5.56 Å². The van der Waals surface area contributed by atoms with E-state index < -0.39 is 0 Å². The SMILES string of the molecule is CCSc1ccc(-n2cnc3ccccc3c2=O)cc1. The zero-order valence-corrected chi connectivity index (χ0v) is 11.9. The zero-order chi connectivity index (χ0) is 13.9. The first-order valence-electron chi connectivity index (χ1n) is 6.49. The minimum Gasteiger partial charge on any atom is -0.268 e. The Morgan fingerprint density at radius 3 is 2.60 bits per heavy atom. The van der Waals surface area contributed by atoms with Gasteiger partial charge in [0.05, 0.1) is 16.6 Å². The van der Waals surface area contributed by atoms with Crippen LogP contribution in [0.25, 0.3) is 16.6 Å². The normalized spacial score (nSPS) is 10.8. The van der Waals surface area contributed by atoms with E-state index in [-0.39, 0.29) is 5.56 Å². The fourth-order valence-electron chi connectivity index (χ4n) is 2.12. The Morgan fingerprint density at radius 1 is 1.10 bits per heavy atom. The highest BCUT2D eigenvalue weighted by molar-refractivity contribution is 7.99. The van der Waals surface area contributed by atoms with Crippen LogP contribution in [0.3, 0.4) is 0 Å². The van der Waals surface area contributed by atoms with Gasteiger partial charge < -0.3 is 0 Å². The van der Waals surface area contributed by atoms with Crippen LogP contribution in [0.5, 0.6) is 0 Å². The van der Waals surface area contributed by atoms with Crippen molar-refractivity contribution in [3.63, 3.8) is 0 Å². The molecule has 0 saturated carbocycles. The van der Waals surface area contributed by atoms with Crippen molar-refractivity contribution in [1.29, 1.82) is 0 Å². The summed E-state index contributed by atoms with van der Waals surface area (Å²) in [5.74, 6) is 1.04. The number of fused-ring (bicyclic) bond motifs is 1. The fraction of sp³-hybridized carbons (Fsp3) is 0.125. The molecule has 0 aliphatic rings. The van der Waals surface area contributed by atoms with Crippen molar-refractivity contribution in [2.24, 2.45) is 0 Å². The fourth-order valence-corrected chi connectivity index (χ4v) is 2.78. The molecule has 0 spiro atoms. The number of hydrogen-bond donors (Lipinski definition) is 0. The molecule has 3 aromatic rings. The largest absolute Gasteiger partial charge is 0.268 e. The van der Waals surface area contributed by atoms with Gasteiger partial charge >= 0.3 is 0 Å². The summed E-state index contributed by atoms with van der Waals surface area (Å²) in [5, 5.41) is 0.641. The predicted octanol–water partition coefficient (Wildman–Crippen LogP) is 3.50. The zero-order valence-electron chi connectivity index (χ0n) is 11.1. The molecular weight excluding hydrogens is 268 g/mol. The molecule has 1 heterocycles. The topological polar surface area (TPSA) is 34.9 Å². The molecule has 0 unspecified atom stereocenters. The van der Waals surface area contributed by atoms with Crippen LogP contribution in [0.2, 0.25) is 0 Å². The van der Waals surface area contributed by atoms with Gasteiger partial charge in [-0.05, 0) is 42.2 Å². The number of para-hydroxylation sites is 1.